The lowest BCUT2D eigenvalue weighted by Gasteiger charge is -2.17. The summed E-state index contributed by atoms with van der Waals surface area (Å²) < 4.78 is 5.51. The van der Waals surface area contributed by atoms with Gasteiger partial charge in [-0.3, -0.25) is 9.59 Å². The molecule has 0 bridgehead atoms. The Morgan fingerprint density at radius 1 is 0.692 bits per heavy atom. The van der Waals surface area contributed by atoms with Crippen molar-refractivity contribution >= 4 is 58.2 Å². The van der Waals surface area contributed by atoms with E-state index in [0.717, 1.165) is 11.1 Å². The Hall–Kier alpha value is -4.33. The Morgan fingerprint density at radius 3 is 1.95 bits per heavy atom. The lowest BCUT2D eigenvalue weighted by atomic mass is 10.0. The highest BCUT2D eigenvalue weighted by Crippen LogP contribution is 2.35. The lowest BCUT2D eigenvalue weighted by molar-refractivity contribution is -0.133. The summed E-state index contributed by atoms with van der Waals surface area (Å²) in [7, 11) is 0. The van der Waals surface area contributed by atoms with Gasteiger partial charge in [-0.2, -0.15) is 0 Å². The molecule has 9 heteroatoms. The minimum atomic E-state index is -0.601. The maximum atomic E-state index is 13.1. The molecule has 0 heterocycles. The van der Waals surface area contributed by atoms with Crippen LogP contribution in [0.1, 0.15) is 34.8 Å². The molecule has 39 heavy (non-hydrogen) atoms. The summed E-state index contributed by atoms with van der Waals surface area (Å²) in [5, 5.41) is 8.59. The molecule has 0 saturated carbocycles. The first-order valence-electron chi connectivity index (χ1n) is 12.1. The van der Waals surface area contributed by atoms with Gasteiger partial charge < -0.3 is 20.7 Å². The molecule has 0 aliphatic heterocycles. The largest absolute Gasteiger partial charge is 0.422 e. The number of anilines is 3. The second-order valence-corrected chi connectivity index (χ2v) is 9.27. The van der Waals surface area contributed by atoms with Crippen molar-refractivity contribution in [2.24, 2.45) is 0 Å². The van der Waals surface area contributed by atoms with Crippen LogP contribution in [-0.4, -0.2) is 17.9 Å². The van der Waals surface area contributed by atoms with Crippen molar-refractivity contribution in [2.45, 2.75) is 19.8 Å². The second kappa shape index (κ2) is 13.0. The highest BCUT2D eigenvalue weighted by molar-refractivity contribution is 6.40. The number of ether oxygens (including phenoxy) is 1. The van der Waals surface area contributed by atoms with Gasteiger partial charge in [0.15, 0.2) is 5.75 Å². The molecule has 7 nitrogen and oxygen atoms in total. The van der Waals surface area contributed by atoms with Crippen LogP contribution >= 0.6 is 23.2 Å². The Bertz CT molecular complexity index is 1490. The minimum Gasteiger partial charge on any atom is -0.422 e. The molecule has 0 radical (unpaired) electrons. The van der Waals surface area contributed by atoms with Crippen LogP contribution in [0.3, 0.4) is 0 Å². The van der Waals surface area contributed by atoms with E-state index in [9.17, 15) is 14.4 Å². The first kappa shape index (κ1) is 27.7. The average molecular weight is 562 g/mol. The van der Waals surface area contributed by atoms with E-state index >= 15 is 0 Å². The number of halogens is 2. The molecule has 4 aromatic rings. The zero-order valence-corrected chi connectivity index (χ0v) is 22.5. The topological polar surface area (TPSA) is 96.5 Å². The van der Waals surface area contributed by atoms with Gasteiger partial charge in [-0.1, -0.05) is 90.8 Å². The molecule has 0 aromatic heterocycles. The molecule has 3 N–H and O–H groups in total. The highest BCUT2D eigenvalue weighted by Gasteiger charge is 2.20. The van der Waals surface area contributed by atoms with Crippen LogP contribution in [0.2, 0.25) is 10.0 Å². The molecule has 0 aliphatic rings. The highest BCUT2D eigenvalue weighted by atomic mass is 35.5. The molecular weight excluding hydrogens is 537 g/mol. The lowest BCUT2D eigenvalue weighted by Crippen LogP contribution is -2.22. The molecule has 0 fully saturated rings. The quantitative estimate of drug-likeness (QED) is 0.151. The van der Waals surface area contributed by atoms with Gasteiger partial charge in [0.25, 0.3) is 5.91 Å². The number of esters is 1. The number of carbonyl (C=O) groups excluding carboxylic acids is 3. The molecule has 4 rings (SSSR count). The Kier molecular flexibility index (Phi) is 9.20. The molecular formula is C30H25Cl2N3O4. The van der Waals surface area contributed by atoms with E-state index in [0.29, 0.717) is 12.1 Å². The molecule has 0 saturated heterocycles. The Balaban J connectivity index is 1.58. The van der Waals surface area contributed by atoms with Crippen LogP contribution in [0.4, 0.5) is 21.9 Å². The summed E-state index contributed by atoms with van der Waals surface area (Å²) in [5.41, 5.74) is 3.05. The van der Waals surface area contributed by atoms with Gasteiger partial charge >= 0.3 is 12.0 Å². The zero-order chi connectivity index (χ0) is 27.8. The summed E-state index contributed by atoms with van der Waals surface area (Å²) in [4.78, 5) is 38.3. The molecule has 198 valence electrons. The fourth-order valence-electron chi connectivity index (χ4n) is 3.82. The van der Waals surface area contributed by atoms with E-state index in [4.69, 9.17) is 27.9 Å². The number of benzene rings is 4. The van der Waals surface area contributed by atoms with Gasteiger partial charge in [-0.25, -0.2) is 4.79 Å². The first-order valence-corrected chi connectivity index (χ1v) is 12.9. The van der Waals surface area contributed by atoms with Crippen LogP contribution in [-0.2, 0) is 11.2 Å². The van der Waals surface area contributed by atoms with Crippen LogP contribution in [0.15, 0.2) is 91.0 Å². The van der Waals surface area contributed by atoms with Crippen molar-refractivity contribution in [1.82, 2.24) is 0 Å². The Labute approximate surface area is 236 Å². The van der Waals surface area contributed by atoms with Crippen LogP contribution < -0.4 is 20.7 Å². The number of rotatable bonds is 8. The number of hydrogen-bond acceptors (Lipinski definition) is 4. The number of urea groups is 1. The fraction of sp³-hybridized carbons (Fsp3) is 0.100. The second-order valence-electron chi connectivity index (χ2n) is 8.46. The third-order valence-corrected chi connectivity index (χ3v) is 6.34. The van der Waals surface area contributed by atoms with E-state index in [-0.39, 0.29) is 39.2 Å². The predicted octanol–water partition coefficient (Wildman–Crippen LogP) is 7.80. The van der Waals surface area contributed by atoms with Crippen molar-refractivity contribution in [3.8, 4) is 5.75 Å². The Morgan fingerprint density at radius 2 is 1.26 bits per heavy atom. The smallest absolute Gasteiger partial charge is 0.323 e. The van der Waals surface area contributed by atoms with Crippen molar-refractivity contribution in [3.05, 3.63) is 118 Å². The number of hydrogen-bond donors (Lipinski definition) is 3. The van der Waals surface area contributed by atoms with Crippen LogP contribution in [0, 0.1) is 0 Å². The summed E-state index contributed by atoms with van der Waals surface area (Å²) >= 11 is 12.4. The van der Waals surface area contributed by atoms with E-state index in [1.807, 2.05) is 48.5 Å². The third kappa shape index (κ3) is 7.16. The van der Waals surface area contributed by atoms with Gasteiger partial charge in [0.1, 0.15) is 0 Å². The molecule has 4 aromatic carbocycles. The van der Waals surface area contributed by atoms with E-state index in [1.165, 1.54) is 12.1 Å². The van der Waals surface area contributed by atoms with Crippen molar-refractivity contribution in [1.29, 1.82) is 0 Å². The number of nitrogens with one attached hydrogen (secondary N) is 3. The van der Waals surface area contributed by atoms with Crippen LogP contribution in [0.25, 0.3) is 0 Å². The monoisotopic (exact) mass is 561 g/mol. The van der Waals surface area contributed by atoms with Gasteiger partial charge in [-0.05, 0) is 47.9 Å². The third-order valence-electron chi connectivity index (χ3n) is 5.71. The van der Waals surface area contributed by atoms with Gasteiger partial charge in [0.05, 0.1) is 27.0 Å². The average Bonchev–Trinajstić information content (AvgIpc) is 2.92. The van der Waals surface area contributed by atoms with Crippen molar-refractivity contribution in [3.63, 3.8) is 0 Å². The molecule has 0 spiro atoms. The van der Waals surface area contributed by atoms with E-state index < -0.39 is 17.9 Å². The maximum Gasteiger partial charge on any atom is 0.323 e. The first-order chi connectivity index (χ1) is 18.9. The molecule has 0 atom stereocenters. The van der Waals surface area contributed by atoms with Crippen molar-refractivity contribution in [2.75, 3.05) is 16.0 Å². The van der Waals surface area contributed by atoms with Gasteiger partial charge in [0.2, 0.25) is 0 Å². The number of amides is 3. The van der Waals surface area contributed by atoms with Gasteiger partial charge in [-0.15, -0.1) is 0 Å². The standard InChI is InChI=1S/C30H25Cl2N3O4/c1-2-26(36)39-28-24(33-29(37)27-21(31)13-8-14-22(27)32)16-9-17-25(28)35-30(38)34-23-15-7-6-12-20(23)18-19-10-4-3-5-11-19/h3-17H,2,18H2,1H3,(H,33,37)(H2,34,35,38). The predicted molar refractivity (Wildman–Crippen MR) is 155 cm³/mol. The summed E-state index contributed by atoms with van der Waals surface area (Å²) in [6.07, 6.45) is 0.708. The van der Waals surface area contributed by atoms with Crippen molar-refractivity contribution < 1.29 is 19.1 Å². The van der Waals surface area contributed by atoms with Crippen LogP contribution in [0.5, 0.6) is 5.75 Å². The molecule has 0 aliphatic carbocycles. The number of para-hydroxylation sites is 2. The number of carbonyl (C=O) groups is 3. The molecule has 3 amide bonds. The minimum absolute atomic E-state index is 0.0198. The zero-order valence-electron chi connectivity index (χ0n) is 21.0. The molecule has 0 unspecified atom stereocenters. The normalized spacial score (nSPS) is 10.4. The summed E-state index contributed by atoms with van der Waals surface area (Å²) in [6, 6.07) is 26.2. The van der Waals surface area contributed by atoms with Gasteiger partial charge in [0, 0.05) is 12.1 Å². The maximum absolute atomic E-state index is 13.1. The summed E-state index contributed by atoms with van der Waals surface area (Å²) in [6.45, 7) is 1.64. The van der Waals surface area contributed by atoms with E-state index in [1.54, 1.807) is 37.3 Å². The fourth-order valence-corrected chi connectivity index (χ4v) is 4.39. The SMILES string of the molecule is CCC(=O)Oc1c(NC(=O)Nc2ccccc2Cc2ccccc2)cccc1NC(=O)c1c(Cl)cccc1Cl. The van der Waals surface area contributed by atoms with E-state index in [2.05, 4.69) is 16.0 Å². The summed E-state index contributed by atoms with van der Waals surface area (Å²) in [5.74, 6) is -1.17.